The molecule has 2 N–H and O–H groups in total. The van der Waals surface area contributed by atoms with E-state index >= 15 is 0 Å². The minimum atomic E-state index is -0.530. The second-order valence-corrected chi connectivity index (χ2v) is 5.13. The number of benzene rings is 1. The summed E-state index contributed by atoms with van der Waals surface area (Å²) in [5.74, 6) is 0.0353. The molecular formula is C15H22N2O. The van der Waals surface area contributed by atoms with E-state index in [9.17, 15) is 4.79 Å². The molecule has 0 saturated heterocycles. The van der Waals surface area contributed by atoms with Gasteiger partial charge >= 0.3 is 0 Å². The first-order chi connectivity index (χ1) is 8.70. The van der Waals surface area contributed by atoms with Gasteiger partial charge in [-0.25, -0.2) is 0 Å². The van der Waals surface area contributed by atoms with E-state index in [1.54, 1.807) is 0 Å². The van der Waals surface area contributed by atoms with Crippen molar-refractivity contribution in [3.8, 4) is 0 Å². The topological polar surface area (TPSA) is 46.3 Å². The van der Waals surface area contributed by atoms with E-state index in [0.29, 0.717) is 6.04 Å². The predicted octanol–water partition coefficient (Wildman–Crippen LogP) is 2.48. The zero-order valence-corrected chi connectivity index (χ0v) is 11.0. The molecule has 0 heterocycles. The molecule has 3 heteroatoms. The van der Waals surface area contributed by atoms with Crippen LogP contribution in [0.15, 0.2) is 30.3 Å². The molecule has 1 atom stereocenters. The minimum absolute atomic E-state index is 0.0353. The summed E-state index contributed by atoms with van der Waals surface area (Å²) in [4.78, 5) is 14.2. The third kappa shape index (κ3) is 2.91. The molecule has 1 saturated carbocycles. The smallest absolute Gasteiger partial charge is 0.244 e. The summed E-state index contributed by atoms with van der Waals surface area (Å²) in [5, 5.41) is 0. The summed E-state index contributed by atoms with van der Waals surface area (Å²) in [5.41, 5.74) is 6.95. The molecule has 3 nitrogen and oxygen atoms in total. The van der Waals surface area contributed by atoms with Crippen molar-refractivity contribution in [3.63, 3.8) is 0 Å². The van der Waals surface area contributed by atoms with Gasteiger partial charge < -0.3 is 10.6 Å². The SMILES string of the molecule is CN(C(=O)[C@H](N)c1ccccc1)C1CCCCC1. The van der Waals surface area contributed by atoms with Crippen LogP contribution >= 0.6 is 0 Å². The van der Waals surface area contributed by atoms with E-state index in [2.05, 4.69) is 0 Å². The largest absolute Gasteiger partial charge is 0.341 e. The maximum atomic E-state index is 12.3. The second-order valence-electron chi connectivity index (χ2n) is 5.13. The van der Waals surface area contributed by atoms with Crippen molar-refractivity contribution in [1.82, 2.24) is 4.90 Å². The molecule has 0 radical (unpaired) electrons. The molecule has 98 valence electrons. The molecule has 0 aromatic heterocycles. The van der Waals surface area contributed by atoms with Crippen molar-refractivity contribution in [1.29, 1.82) is 0 Å². The first-order valence-electron chi connectivity index (χ1n) is 6.77. The molecule has 18 heavy (non-hydrogen) atoms. The Hall–Kier alpha value is -1.35. The van der Waals surface area contributed by atoms with Crippen LogP contribution in [0.2, 0.25) is 0 Å². The summed E-state index contributed by atoms with van der Waals surface area (Å²) in [6.45, 7) is 0. The summed E-state index contributed by atoms with van der Waals surface area (Å²) in [6, 6.07) is 9.45. The number of hydrogen-bond donors (Lipinski definition) is 1. The Kier molecular flexibility index (Phi) is 4.37. The third-order valence-corrected chi connectivity index (χ3v) is 3.89. The number of carbonyl (C=O) groups excluding carboxylic acids is 1. The van der Waals surface area contributed by atoms with Crippen molar-refractivity contribution >= 4 is 5.91 Å². The van der Waals surface area contributed by atoms with Crippen LogP contribution in [0.3, 0.4) is 0 Å². The normalized spacial score (nSPS) is 18.3. The van der Waals surface area contributed by atoms with Crippen LogP contribution in [0.4, 0.5) is 0 Å². The quantitative estimate of drug-likeness (QED) is 0.890. The highest BCUT2D eigenvalue weighted by Crippen LogP contribution is 2.23. The Labute approximate surface area is 109 Å². The van der Waals surface area contributed by atoms with Crippen LogP contribution in [-0.2, 0) is 4.79 Å². The van der Waals surface area contributed by atoms with Gasteiger partial charge in [-0.1, -0.05) is 49.6 Å². The third-order valence-electron chi connectivity index (χ3n) is 3.89. The zero-order chi connectivity index (χ0) is 13.0. The second kappa shape index (κ2) is 6.01. The molecule has 0 spiro atoms. The molecule has 1 aromatic rings. The minimum Gasteiger partial charge on any atom is -0.341 e. The van der Waals surface area contributed by atoms with Crippen LogP contribution in [0.1, 0.15) is 43.7 Å². The molecule has 0 bridgehead atoms. The fourth-order valence-electron chi connectivity index (χ4n) is 2.67. The van der Waals surface area contributed by atoms with Crippen molar-refractivity contribution in [2.75, 3.05) is 7.05 Å². The van der Waals surface area contributed by atoms with Crippen LogP contribution in [0.25, 0.3) is 0 Å². The fraction of sp³-hybridized carbons (Fsp3) is 0.533. The van der Waals surface area contributed by atoms with Gasteiger partial charge in [0.05, 0.1) is 0 Å². The molecular weight excluding hydrogens is 224 g/mol. The van der Waals surface area contributed by atoms with Gasteiger partial charge in [0.1, 0.15) is 6.04 Å². The zero-order valence-electron chi connectivity index (χ0n) is 11.0. The predicted molar refractivity (Wildman–Crippen MR) is 73.0 cm³/mol. The summed E-state index contributed by atoms with van der Waals surface area (Å²) < 4.78 is 0. The lowest BCUT2D eigenvalue weighted by molar-refractivity contribution is -0.134. The van der Waals surface area contributed by atoms with Gasteiger partial charge in [0.2, 0.25) is 5.91 Å². The molecule has 1 amide bonds. The van der Waals surface area contributed by atoms with E-state index in [4.69, 9.17) is 5.73 Å². The molecule has 0 unspecified atom stereocenters. The van der Waals surface area contributed by atoms with E-state index < -0.39 is 6.04 Å². The standard InChI is InChI=1S/C15H22N2O/c1-17(13-10-6-3-7-11-13)15(18)14(16)12-8-4-2-5-9-12/h2,4-5,8-9,13-14H,3,6-7,10-11,16H2,1H3/t14-/m1/s1. The van der Waals surface area contributed by atoms with Crippen LogP contribution in [0.5, 0.6) is 0 Å². The molecule has 1 fully saturated rings. The van der Waals surface area contributed by atoms with Crippen LogP contribution in [0, 0.1) is 0 Å². The monoisotopic (exact) mass is 246 g/mol. The van der Waals surface area contributed by atoms with Gasteiger partial charge in [-0.15, -0.1) is 0 Å². The number of nitrogens with zero attached hydrogens (tertiary/aromatic N) is 1. The first kappa shape index (κ1) is 13.1. The van der Waals surface area contributed by atoms with Crippen molar-refractivity contribution < 1.29 is 4.79 Å². The fourth-order valence-corrected chi connectivity index (χ4v) is 2.67. The molecule has 0 aliphatic heterocycles. The summed E-state index contributed by atoms with van der Waals surface area (Å²) in [7, 11) is 1.89. The van der Waals surface area contributed by atoms with Gasteiger partial charge in [0.15, 0.2) is 0 Å². The molecule has 1 aliphatic rings. The number of likely N-dealkylation sites (N-methyl/N-ethyl adjacent to an activating group) is 1. The number of rotatable bonds is 3. The summed E-state index contributed by atoms with van der Waals surface area (Å²) >= 11 is 0. The first-order valence-corrected chi connectivity index (χ1v) is 6.77. The van der Waals surface area contributed by atoms with E-state index in [-0.39, 0.29) is 5.91 Å². The number of hydrogen-bond acceptors (Lipinski definition) is 2. The molecule has 2 rings (SSSR count). The Morgan fingerprint density at radius 2 is 1.83 bits per heavy atom. The molecule has 1 aliphatic carbocycles. The Bertz CT molecular complexity index is 385. The van der Waals surface area contributed by atoms with E-state index in [1.165, 1.54) is 19.3 Å². The highest BCUT2D eigenvalue weighted by Gasteiger charge is 2.26. The lowest BCUT2D eigenvalue weighted by Crippen LogP contribution is -2.43. The van der Waals surface area contributed by atoms with Gasteiger partial charge in [-0.05, 0) is 18.4 Å². The van der Waals surface area contributed by atoms with Crippen LogP contribution < -0.4 is 5.73 Å². The van der Waals surface area contributed by atoms with Gasteiger partial charge in [0, 0.05) is 13.1 Å². The highest BCUT2D eigenvalue weighted by molar-refractivity contribution is 5.83. The maximum Gasteiger partial charge on any atom is 0.244 e. The van der Waals surface area contributed by atoms with Crippen LogP contribution in [-0.4, -0.2) is 23.9 Å². The number of amides is 1. The van der Waals surface area contributed by atoms with E-state index in [1.807, 2.05) is 42.3 Å². The Morgan fingerprint density at radius 1 is 1.22 bits per heavy atom. The van der Waals surface area contributed by atoms with Crippen molar-refractivity contribution in [3.05, 3.63) is 35.9 Å². The van der Waals surface area contributed by atoms with Gasteiger partial charge in [-0.2, -0.15) is 0 Å². The van der Waals surface area contributed by atoms with Gasteiger partial charge in [-0.3, -0.25) is 4.79 Å². The van der Waals surface area contributed by atoms with Crippen molar-refractivity contribution in [2.45, 2.75) is 44.2 Å². The average molecular weight is 246 g/mol. The highest BCUT2D eigenvalue weighted by atomic mass is 16.2. The van der Waals surface area contributed by atoms with Crippen molar-refractivity contribution in [2.24, 2.45) is 5.73 Å². The number of nitrogens with two attached hydrogens (primary N) is 1. The Morgan fingerprint density at radius 3 is 2.44 bits per heavy atom. The summed E-state index contributed by atoms with van der Waals surface area (Å²) in [6.07, 6.45) is 5.97. The average Bonchev–Trinajstić information content (AvgIpc) is 2.47. The van der Waals surface area contributed by atoms with Gasteiger partial charge in [0.25, 0.3) is 0 Å². The number of carbonyl (C=O) groups is 1. The lowest BCUT2D eigenvalue weighted by Gasteiger charge is -2.33. The van der Waals surface area contributed by atoms with E-state index in [0.717, 1.165) is 18.4 Å². The Balaban J connectivity index is 2.01. The molecule has 1 aromatic carbocycles. The lowest BCUT2D eigenvalue weighted by atomic mass is 9.93. The maximum absolute atomic E-state index is 12.3.